The molecule has 3 nitrogen and oxygen atoms in total. The molecule has 1 saturated heterocycles. The Kier molecular flexibility index (Phi) is 7.11. The van der Waals surface area contributed by atoms with Crippen molar-refractivity contribution in [3.63, 3.8) is 0 Å². The van der Waals surface area contributed by atoms with E-state index in [0.29, 0.717) is 0 Å². The zero-order chi connectivity index (χ0) is 15.3. The van der Waals surface area contributed by atoms with Crippen LogP contribution in [0.3, 0.4) is 0 Å². The van der Waals surface area contributed by atoms with E-state index in [2.05, 4.69) is 29.2 Å². The van der Waals surface area contributed by atoms with Gasteiger partial charge in [0, 0.05) is 19.2 Å². The Balaban J connectivity index is 0.00000242. The molecule has 22 heavy (non-hydrogen) atoms. The lowest BCUT2D eigenvalue weighted by Gasteiger charge is -2.28. The van der Waals surface area contributed by atoms with E-state index in [9.17, 15) is 4.79 Å². The summed E-state index contributed by atoms with van der Waals surface area (Å²) in [6, 6.07) is 10.5. The third-order valence-corrected chi connectivity index (χ3v) is 3.38. The number of piperidine rings is 1. The highest BCUT2D eigenvalue weighted by Gasteiger charge is 2.18. The van der Waals surface area contributed by atoms with Gasteiger partial charge in [0.2, 0.25) is 0 Å². The van der Waals surface area contributed by atoms with Gasteiger partial charge in [-0.15, -0.1) is 12.4 Å². The lowest BCUT2D eigenvalue weighted by molar-refractivity contribution is -0.148. The number of carbonyl (C=O) groups excluding carboxylic acids is 1. The molecule has 0 N–H and O–H groups in total. The van der Waals surface area contributed by atoms with Gasteiger partial charge in [0.05, 0.1) is 0 Å². The molecule has 0 aliphatic carbocycles. The number of benzene rings is 1. The quantitative estimate of drug-likeness (QED) is 0.622. The number of hydrogen-bond donors (Lipinski definition) is 0. The Hall–Kier alpha value is -1.32. The first-order chi connectivity index (χ1) is 9.92. The number of carbonyl (C=O) groups is 1. The highest BCUT2D eigenvalue weighted by atomic mass is 35.5. The number of hydrogen-bond acceptors (Lipinski definition) is 3. The molecule has 0 aromatic heterocycles. The summed E-state index contributed by atoms with van der Waals surface area (Å²) in [7, 11) is 0. The molecule has 1 aliphatic heterocycles. The Morgan fingerprint density at radius 1 is 1.27 bits per heavy atom. The topological polar surface area (TPSA) is 29.5 Å². The third-order valence-electron chi connectivity index (χ3n) is 3.38. The van der Waals surface area contributed by atoms with Crippen LogP contribution in [0.5, 0.6) is 0 Å². The zero-order valence-electron chi connectivity index (χ0n) is 13.7. The van der Waals surface area contributed by atoms with E-state index in [0.717, 1.165) is 32.5 Å². The summed E-state index contributed by atoms with van der Waals surface area (Å²) in [6.45, 7) is 8.56. The lowest BCUT2D eigenvalue weighted by atomic mass is 10.0. The zero-order valence-corrected chi connectivity index (χ0v) is 14.5. The van der Waals surface area contributed by atoms with Crippen LogP contribution in [0.1, 0.15) is 39.2 Å². The van der Waals surface area contributed by atoms with E-state index in [4.69, 9.17) is 4.74 Å². The van der Waals surface area contributed by atoms with Crippen molar-refractivity contribution >= 4 is 18.4 Å². The van der Waals surface area contributed by atoms with E-state index in [1.807, 2.05) is 26.8 Å². The molecule has 0 saturated carbocycles. The van der Waals surface area contributed by atoms with Crippen molar-refractivity contribution in [2.45, 2.75) is 45.8 Å². The van der Waals surface area contributed by atoms with Crippen molar-refractivity contribution in [2.75, 3.05) is 13.1 Å². The summed E-state index contributed by atoms with van der Waals surface area (Å²) >= 11 is 0. The van der Waals surface area contributed by atoms with Gasteiger partial charge >= 0.3 is 5.97 Å². The third kappa shape index (κ3) is 6.63. The van der Waals surface area contributed by atoms with Gasteiger partial charge in [0.25, 0.3) is 0 Å². The van der Waals surface area contributed by atoms with Gasteiger partial charge < -0.3 is 4.74 Å². The van der Waals surface area contributed by atoms with Crippen LogP contribution < -0.4 is 0 Å². The molecule has 0 atom stereocenters. The predicted octanol–water partition coefficient (Wildman–Crippen LogP) is 3.97. The largest absolute Gasteiger partial charge is 0.457 e. The monoisotopic (exact) mass is 323 g/mol. The summed E-state index contributed by atoms with van der Waals surface area (Å²) < 4.78 is 5.36. The molecule has 1 fully saturated rings. The van der Waals surface area contributed by atoms with Crippen molar-refractivity contribution in [1.29, 1.82) is 0 Å². The average molecular weight is 324 g/mol. The number of halogens is 1. The van der Waals surface area contributed by atoms with Crippen LogP contribution in [-0.2, 0) is 16.1 Å². The van der Waals surface area contributed by atoms with E-state index in [1.54, 1.807) is 6.08 Å². The molecule has 1 heterocycles. The second-order valence-corrected chi connectivity index (χ2v) is 6.64. The van der Waals surface area contributed by atoms with Gasteiger partial charge in [-0.25, -0.2) is 4.79 Å². The molecule has 4 heteroatoms. The van der Waals surface area contributed by atoms with Crippen LogP contribution in [0.2, 0.25) is 0 Å². The fourth-order valence-electron chi connectivity index (χ4n) is 2.57. The number of likely N-dealkylation sites (tertiary alicyclic amines) is 1. The van der Waals surface area contributed by atoms with E-state index >= 15 is 0 Å². The Labute approximate surface area is 139 Å². The summed E-state index contributed by atoms with van der Waals surface area (Å²) in [5, 5.41) is 0. The summed E-state index contributed by atoms with van der Waals surface area (Å²) in [5.41, 5.74) is 2.06. The maximum Gasteiger partial charge on any atom is 0.331 e. The molecular weight excluding hydrogens is 298 g/mol. The summed E-state index contributed by atoms with van der Waals surface area (Å²) in [5.74, 6) is -0.223. The minimum absolute atomic E-state index is 0. The Bertz CT molecular complexity index is 506. The van der Waals surface area contributed by atoms with Crippen LogP contribution in [0.4, 0.5) is 0 Å². The first-order valence-electron chi connectivity index (χ1n) is 7.61. The van der Waals surface area contributed by atoms with Crippen molar-refractivity contribution in [1.82, 2.24) is 4.90 Å². The molecule has 1 aliphatic rings. The van der Waals surface area contributed by atoms with Gasteiger partial charge in [0.1, 0.15) is 5.60 Å². The fourth-order valence-corrected chi connectivity index (χ4v) is 2.57. The molecule has 2 rings (SSSR count). The highest BCUT2D eigenvalue weighted by Crippen LogP contribution is 2.18. The van der Waals surface area contributed by atoms with Crippen molar-refractivity contribution < 1.29 is 9.53 Å². The number of rotatable bonds is 3. The molecule has 0 unspecified atom stereocenters. The molecule has 1 aromatic carbocycles. The van der Waals surface area contributed by atoms with E-state index < -0.39 is 5.60 Å². The molecule has 0 spiro atoms. The summed E-state index contributed by atoms with van der Waals surface area (Å²) in [6.07, 6.45) is 3.77. The van der Waals surface area contributed by atoms with Gasteiger partial charge in [-0.3, -0.25) is 4.90 Å². The standard InChI is InChI=1S/C18H25NO2.ClH/c1-18(2,3)21-17(20)12-16-10-7-11-19(14-16)13-15-8-5-4-6-9-15;/h4-6,8-9,12H,7,10-11,13-14H2,1-3H3;1H/b16-12-;. The molecular formula is C18H26ClNO2. The maximum atomic E-state index is 11.9. The first-order valence-corrected chi connectivity index (χ1v) is 7.61. The van der Waals surface area contributed by atoms with Gasteiger partial charge in [-0.05, 0) is 51.3 Å². The van der Waals surface area contributed by atoms with Crippen molar-refractivity contribution in [3.8, 4) is 0 Å². The predicted molar refractivity (Wildman–Crippen MR) is 92.1 cm³/mol. The number of ether oxygens (including phenoxy) is 1. The molecule has 0 amide bonds. The first kappa shape index (κ1) is 18.7. The minimum Gasteiger partial charge on any atom is -0.457 e. The normalized spacial score (nSPS) is 17.9. The second kappa shape index (κ2) is 8.35. The maximum absolute atomic E-state index is 11.9. The van der Waals surface area contributed by atoms with Crippen LogP contribution in [0, 0.1) is 0 Å². The molecule has 0 radical (unpaired) electrons. The Morgan fingerprint density at radius 3 is 2.59 bits per heavy atom. The number of esters is 1. The van der Waals surface area contributed by atoms with Crippen molar-refractivity contribution in [2.24, 2.45) is 0 Å². The number of nitrogens with zero attached hydrogens (tertiary/aromatic N) is 1. The Morgan fingerprint density at radius 2 is 1.95 bits per heavy atom. The van der Waals surface area contributed by atoms with Crippen LogP contribution in [0.25, 0.3) is 0 Å². The van der Waals surface area contributed by atoms with Gasteiger partial charge in [-0.1, -0.05) is 30.3 Å². The fraction of sp³-hybridized carbons (Fsp3) is 0.500. The van der Waals surface area contributed by atoms with Crippen LogP contribution in [-0.4, -0.2) is 29.6 Å². The summed E-state index contributed by atoms with van der Waals surface area (Å²) in [4.78, 5) is 14.3. The van der Waals surface area contributed by atoms with Crippen molar-refractivity contribution in [3.05, 3.63) is 47.5 Å². The van der Waals surface area contributed by atoms with E-state index in [1.165, 1.54) is 11.1 Å². The molecule has 1 aromatic rings. The molecule has 0 bridgehead atoms. The lowest BCUT2D eigenvalue weighted by Crippen LogP contribution is -2.31. The van der Waals surface area contributed by atoms with Gasteiger partial charge in [-0.2, -0.15) is 0 Å². The average Bonchev–Trinajstić information content (AvgIpc) is 2.38. The van der Waals surface area contributed by atoms with E-state index in [-0.39, 0.29) is 18.4 Å². The second-order valence-electron chi connectivity index (χ2n) is 6.64. The van der Waals surface area contributed by atoms with Crippen LogP contribution >= 0.6 is 12.4 Å². The molecule has 122 valence electrons. The minimum atomic E-state index is -0.424. The smallest absolute Gasteiger partial charge is 0.331 e. The SMILES string of the molecule is CC(C)(C)OC(=O)/C=C1/CCCN(Cc2ccccc2)C1.Cl. The van der Waals surface area contributed by atoms with Gasteiger partial charge in [0.15, 0.2) is 0 Å². The van der Waals surface area contributed by atoms with Crippen LogP contribution in [0.15, 0.2) is 42.0 Å². The highest BCUT2D eigenvalue weighted by molar-refractivity contribution is 5.85.